The average molecular weight is 345 g/mol. The Morgan fingerprint density at radius 2 is 1.80 bits per heavy atom. The quantitative estimate of drug-likeness (QED) is 0.861. The number of nitrogens with zero attached hydrogens (tertiary/aromatic N) is 4. The molecule has 6 heteroatoms. The number of H-pyrrole nitrogens is 1. The highest BCUT2D eigenvalue weighted by Crippen LogP contribution is 2.37. The molecule has 138 valence electrons. The molecule has 0 spiro atoms. The summed E-state index contributed by atoms with van der Waals surface area (Å²) in [4.78, 5) is 21.5. The summed E-state index contributed by atoms with van der Waals surface area (Å²) in [6, 6.07) is 0. The normalized spacial score (nSPS) is 23.1. The first-order valence-electron chi connectivity index (χ1n) is 10.2. The number of piperazine rings is 1. The first kappa shape index (κ1) is 17.0. The van der Waals surface area contributed by atoms with Crippen LogP contribution in [0.1, 0.15) is 75.4 Å². The Morgan fingerprint density at radius 3 is 2.52 bits per heavy atom. The fraction of sp³-hybridized carbons (Fsp3) is 0.842. The van der Waals surface area contributed by atoms with E-state index in [1.165, 1.54) is 44.9 Å². The van der Waals surface area contributed by atoms with Crippen LogP contribution in [0.15, 0.2) is 0 Å². The highest BCUT2D eigenvalue weighted by Gasteiger charge is 2.28. The second kappa shape index (κ2) is 7.85. The maximum absolute atomic E-state index is 12.5. The lowest BCUT2D eigenvalue weighted by atomic mass is 9.86. The van der Waals surface area contributed by atoms with Crippen LogP contribution < -0.4 is 0 Å². The van der Waals surface area contributed by atoms with E-state index < -0.39 is 0 Å². The fourth-order valence-electron chi connectivity index (χ4n) is 4.23. The minimum atomic E-state index is 0.362. The molecule has 3 aliphatic rings. The Kier molecular flexibility index (Phi) is 5.34. The van der Waals surface area contributed by atoms with Gasteiger partial charge in [0.25, 0.3) is 0 Å². The molecule has 25 heavy (non-hydrogen) atoms. The van der Waals surface area contributed by atoms with Crippen LogP contribution in [0.2, 0.25) is 0 Å². The van der Waals surface area contributed by atoms with Crippen molar-refractivity contribution < 1.29 is 4.79 Å². The first-order valence-corrected chi connectivity index (χ1v) is 10.2. The standard InChI is InChI=1S/C19H31N5O/c25-18(9-6-15-4-2-1-3-5-15)24-12-10-23(11-13-24)14-17-20-19(22-21-17)16-7-8-16/h15-16H,1-14H2,(H,20,21,22). The molecule has 6 nitrogen and oxygen atoms in total. The van der Waals surface area contributed by atoms with Gasteiger partial charge in [-0.15, -0.1) is 0 Å². The topological polar surface area (TPSA) is 65.1 Å². The van der Waals surface area contributed by atoms with Crippen molar-refractivity contribution in [3.63, 3.8) is 0 Å². The summed E-state index contributed by atoms with van der Waals surface area (Å²) in [5, 5.41) is 7.41. The second-order valence-corrected chi connectivity index (χ2v) is 8.11. The Bertz CT molecular complexity index is 568. The predicted molar refractivity (Wildman–Crippen MR) is 96.0 cm³/mol. The van der Waals surface area contributed by atoms with Gasteiger partial charge in [0.2, 0.25) is 5.91 Å². The smallest absolute Gasteiger partial charge is 0.222 e. The van der Waals surface area contributed by atoms with Crippen molar-refractivity contribution in [1.29, 1.82) is 0 Å². The molecule has 4 rings (SSSR count). The number of nitrogens with one attached hydrogen (secondary N) is 1. The lowest BCUT2D eigenvalue weighted by Gasteiger charge is -2.34. The van der Waals surface area contributed by atoms with Crippen LogP contribution in [0.3, 0.4) is 0 Å². The number of hydrogen-bond donors (Lipinski definition) is 1. The number of amides is 1. The van der Waals surface area contributed by atoms with E-state index >= 15 is 0 Å². The van der Waals surface area contributed by atoms with Crippen LogP contribution in [0.5, 0.6) is 0 Å². The van der Waals surface area contributed by atoms with E-state index in [0.717, 1.165) is 63.1 Å². The van der Waals surface area contributed by atoms with Crippen molar-refractivity contribution in [1.82, 2.24) is 25.0 Å². The van der Waals surface area contributed by atoms with Gasteiger partial charge in [0.05, 0.1) is 6.54 Å². The second-order valence-electron chi connectivity index (χ2n) is 8.11. The molecule has 1 aliphatic heterocycles. The van der Waals surface area contributed by atoms with Crippen molar-refractivity contribution in [3.05, 3.63) is 11.6 Å². The SMILES string of the molecule is O=C(CCC1CCCCC1)N1CCN(Cc2nc(C3CC3)n[nH]2)CC1. The molecule has 2 aliphatic carbocycles. The monoisotopic (exact) mass is 345 g/mol. The summed E-state index contributed by atoms with van der Waals surface area (Å²) in [6.45, 7) is 4.41. The van der Waals surface area contributed by atoms with Gasteiger partial charge in [-0.05, 0) is 25.2 Å². The number of aromatic amines is 1. The van der Waals surface area contributed by atoms with Crippen LogP contribution in [0.25, 0.3) is 0 Å². The van der Waals surface area contributed by atoms with Crippen molar-refractivity contribution >= 4 is 5.91 Å². The Hall–Kier alpha value is -1.43. The number of carbonyl (C=O) groups excluding carboxylic acids is 1. The molecule has 2 saturated carbocycles. The van der Waals surface area contributed by atoms with Gasteiger partial charge in [-0.25, -0.2) is 4.98 Å². The zero-order valence-electron chi connectivity index (χ0n) is 15.3. The number of carbonyl (C=O) groups is 1. The van der Waals surface area contributed by atoms with Crippen molar-refractivity contribution in [2.24, 2.45) is 5.92 Å². The summed E-state index contributed by atoms with van der Waals surface area (Å²) >= 11 is 0. The van der Waals surface area contributed by atoms with Crippen LogP contribution >= 0.6 is 0 Å². The van der Waals surface area contributed by atoms with E-state index in [0.29, 0.717) is 11.8 Å². The molecular formula is C19H31N5O. The largest absolute Gasteiger partial charge is 0.340 e. The Balaban J connectivity index is 1.17. The van der Waals surface area contributed by atoms with Gasteiger partial charge >= 0.3 is 0 Å². The minimum absolute atomic E-state index is 0.362. The van der Waals surface area contributed by atoms with Gasteiger partial charge in [0, 0.05) is 38.5 Å². The molecule has 0 radical (unpaired) electrons. The van der Waals surface area contributed by atoms with Gasteiger partial charge < -0.3 is 4.90 Å². The summed E-state index contributed by atoms with van der Waals surface area (Å²) in [5.74, 6) is 3.72. The van der Waals surface area contributed by atoms with Gasteiger partial charge in [0.15, 0.2) is 5.82 Å². The molecular weight excluding hydrogens is 314 g/mol. The fourth-order valence-corrected chi connectivity index (χ4v) is 4.23. The van der Waals surface area contributed by atoms with E-state index in [1.807, 2.05) is 0 Å². The van der Waals surface area contributed by atoms with E-state index in [1.54, 1.807) is 0 Å². The Labute approximate surface area is 150 Å². The molecule has 2 heterocycles. The molecule has 3 fully saturated rings. The van der Waals surface area contributed by atoms with Gasteiger partial charge in [0.1, 0.15) is 5.82 Å². The molecule has 0 aromatic carbocycles. The molecule has 0 bridgehead atoms. The first-order chi connectivity index (χ1) is 12.3. The summed E-state index contributed by atoms with van der Waals surface area (Å²) in [5.41, 5.74) is 0. The Morgan fingerprint density at radius 1 is 1.04 bits per heavy atom. The number of rotatable bonds is 6. The molecule has 0 unspecified atom stereocenters. The number of aromatic nitrogens is 3. The molecule has 1 saturated heterocycles. The third-order valence-corrected chi connectivity index (χ3v) is 6.08. The van der Waals surface area contributed by atoms with Crippen molar-refractivity contribution in [2.75, 3.05) is 26.2 Å². The van der Waals surface area contributed by atoms with Crippen LogP contribution in [0.4, 0.5) is 0 Å². The molecule has 1 amide bonds. The molecule has 1 aromatic rings. The van der Waals surface area contributed by atoms with Gasteiger partial charge in [-0.2, -0.15) is 5.10 Å². The lowest BCUT2D eigenvalue weighted by Crippen LogP contribution is -2.48. The summed E-state index contributed by atoms with van der Waals surface area (Å²) in [7, 11) is 0. The zero-order valence-corrected chi connectivity index (χ0v) is 15.3. The maximum atomic E-state index is 12.5. The average Bonchev–Trinajstić information content (AvgIpc) is 3.41. The highest BCUT2D eigenvalue weighted by atomic mass is 16.2. The predicted octanol–water partition coefficient (Wildman–Crippen LogP) is 2.69. The van der Waals surface area contributed by atoms with E-state index in [2.05, 4.69) is 25.0 Å². The molecule has 0 atom stereocenters. The summed E-state index contributed by atoms with van der Waals surface area (Å²) in [6.07, 6.45) is 11.1. The number of hydrogen-bond acceptors (Lipinski definition) is 4. The van der Waals surface area contributed by atoms with Crippen LogP contribution in [-0.2, 0) is 11.3 Å². The third-order valence-electron chi connectivity index (χ3n) is 6.08. The summed E-state index contributed by atoms with van der Waals surface area (Å²) < 4.78 is 0. The van der Waals surface area contributed by atoms with Crippen molar-refractivity contribution in [3.8, 4) is 0 Å². The lowest BCUT2D eigenvalue weighted by molar-refractivity contribution is -0.133. The minimum Gasteiger partial charge on any atom is -0.340 e. The van der Waals surface area contributed by atoms with E-state index in [-0.39, 0.29) is 0 Å². The van der Waals surface area contributed by atoms with E-state index in [9.17, 15) is 4.79 Å². The highest BCUT2D eigenvalue weighted by molar-refractivity contribution is 5.76. The third kappa shape index (κ3) is 4.60. The molecule has 1 aromatic heterocycles. The van der Waals surface area contributed by atoms with Crippen LogP contribution in [-0.4, -0.2) is 57.1 Å². The van der Waals surface area contributed by atoms with Gasteiger partial charge in [-0.3, -0.25) is 14.8 Å². The maximum Gasteiger partial charge on any atom is 0.222 e. The van der Waals surface area contributed by atoms with Crippen LogP contribution in [0, 0.1) is 5.92 Å². The zero-order chi connectivity index (χ0) is 17.1. The van der Waals surface area contributed by atoms with E-state index in [4.69, 9.17) is 0 Å². The van der Waals surface area contributed by atoms with Crippen molar-refractivity contribution in [2.45, 2.75) is 70.3 Å². The van der Waals surface area contributed by atoms with Gasteiger partial charge in [-0.1, -0.05) is 32.1 Å². The molecule has 1 N–H and O–H groups in total.